The lowest BCUT2D eigenvalue weighted by atomic mass is 10.00. The van der Waals surface area contributed by atoms with Crippen molar-refractivity contribution in [3.05, 3.63) is 54.1 Å². The molecule has 0 spiro atoms. The van der Waals surface area contributed by atoms with E-state index in [1.807, 2.05) is 12.1 Å². The lowest BCUT2D eigenvalue weighted by Crippen LogP contribution is -1.97. The summed E-state index contributed by atoms with van der Waals surface area (Å²) in [5.74, 6) is 0.976. The minimum Gasteiger partial charge on any atom is -0.493 e. The van der Waals surface area contributed by atoms with Crippen molar-refractivity contribution in [3.8, 4) is 16.9 Å². The molecule has 0 radical (unpaired) electrons. The van der Waals surface area contributed by atoms with Gasteiger partial charge in [0.2, 0.25) is 0 Å². The predicted octanol–water partition coefficient (Wildman–Crippen LogP) is 4.45. The molecule has 0 fully saturated rings. The highest BCUT2D eigenvalue weighted by Crippen LogP contribution is 2.31. The number of aryl methyl sites for hydroxylation is 1. The first-order valence-corrected chi connectivity index (χ1v) is 6.10. The molecule has 2 rings (SSSR count). The fraction of sp³-hybridized carbons (Fsp3) is 0.250. The molecule has 88 valence electrons. The summed E-state index contributed by atoms with van der Waals surface area (Å²) in [7, 11) is 0. The maximum Gasteiger partial charge on any atom is 0.127 e. The summed E-state index contributed by atoms with van der Waals surface area (Å²) in [6, 6.07) is 16.6. The van der Waals surface area contributed by atoms with E-state index < -0.39 is 0 Å². The first-order chi connectivity index (χ1) is 8.33. The van der Waals surface area contributed by atoms with Gasteiger partial charge in [0.25, 0.3) is 0 Å². The molecule has 1 heteroatoms. The van der Waals surface area contributed by atoms with E-state index in [1.165, 1.54) is 16.7 Å². The average Bonchev–Trinajstić information content (AvgIpc) is 2.37. The van der Waals surface area contributed by atoms with Crippen LogP contribution >= 0.6 is 0 Å². The molecular weight excluding hydrogens is 208 g/mol. The number of ether oxygens (including phenoxy) is 1. The summed E-state index contributed by atoms with van der Waals surface area (Å²) in [6.45, 7) is 5.02. The Morgan fingerprint density at radius 3 is 2.24 bits per heavy atom. The highest BCUT2D eigenvalue weighted by molar-refractivity contribution is 5.73. The van der Waals surface area contributed by atoms with Crippen molar-refractivity contribution < 1.29 is 4.74 Å². The Bertz CT molecular complexity index is 488. The third-order valence-electron chi connectivity index (χ3n) is 2.78. The molecule has 0 bridgehead atoms. The van der Waals surface area contributed by atoms with E-state index in [9.17, 15) is 0 Å². The predicted molar refractivity (Wildman–Crippen MR) is 72.4 cm³/mol. The smallest absolute Gasteiger partial charge is 0.127 e. The van der Waals surface area contributed by atoms with Gasteiger partial charge in [-0.1, -0.05) is 49.4 Å². The van der Waals surface area contributed by atoms with E-state index in [0.29, 0.717) is 0 Å². The van der Waals surface area contributed by atoms with Crippen LogP contribution in [0.25, 0.3) is 11.1 Å². The summed E-state index contributed by atoms with van der Waals surface area (Å²) in [4.78, 5) is 0. The largest absolute Gasteiger partial charge is 0.493 e. The van der Waals surface area contributed by atoms with Crippen molar-refractivity contribution >= 4 is 0 Å². The molecule has 0 aromatic heterocycles. The van der Waals surface area contributed by atoms with Gasteiger partial charge in [0, 0.05) is 5.56 Å². The number of benzene rings is 2. The zero-order valence-electron chi connectivity index (χ0n) is 10.4. The molecule has 0 aliphatic rings. The Kier molecular flexibility index (Phi) is 3.81. The zero-order chi connectivity index (χ0) is 12.1. The van der Waals surface area contributed by atoms with Gasteiger partial charge in [0.1, 0.15) is 5.75 Å². The van der Waals surface area contributed by atoms with E-state index in [1.54, 1.807) is 0 Å². The van der Waals surface area contributed by atoms with E-state index in [2.05, 4.69) is 50.2 Å². The molecule has 2 aromatic carbocycles. The van der Waals surface area contributed by atoms with Crippen molar-refractivity contribution in [2.75, 3.05) is 6.61 Å². The maximum absolute atomic E-state index is 5.80. The van der Waals surface area contributed by atoms with Gasteiger partial charge >= 0.3 is 0 Å². The Labute approximate surface area is 103 Å². The van der Waals surface area contributed by atoms with Gasteiger partial charge in [-0.15, -0.1) is 0 Å². The molecule has 0 N–H and O–H groups in total. The van der Waals surface area contributed by atoms with Crippen LogP contribution in [0.4, 0.5) is 0 Å². The minimum absolute atomic E-state index is 0.767. The molecule has 0 heterocycles. The monoisotopic (exact) mass is 226 g/mol. The van der Waals surface area contributed by atoms with E-state index in [-0.39, 0.29) is 0 Å². The van der Waals surface area contributed by atoms with Crippen LogP contribution in [-0.4, -0.2) is 6.61 Å². The number of hydrogen-bond donors (Lipinski definition) is 0. The molecule has 0 saturated carbocycles. The SMILES string of the molecule is CCCOc1ccccc1-c1ccccc1C. The second-order valence-electron chi connectivity index (χ2n) is 4.16. The zero-order valence-corrected chi connectivity index (χ0v) is 10.4. The fourth-order valence-electron chi connectivity index (χ4n) is 1.90. The molecule has 0 unspecified atom stereocenters. The molecule has 2 aromatic rings. The highest BCUT2D eigenvalue weighted by Gasteiger charge is 2.07. The van der Waals surface area contributed by atoms with Crippen LogP contribution in [0.3, 0.4) is 0 Å². The molecule has 17 heavy (non-hydrogen) atoms. The lowest BCUT2D eigenvalue weighted by Gasteiger charge is -2.12. The Morgan fingerprint density at radius 1 is 0.882 bits per heavy atom. The van der Waals surface area contributed by atoms with Gasteiger partial charge in [-0.25, -0.2) is 0 Å². The van der Waals surface area contributed by atoms with Crippen LogP contribution < -0.4 is 4.74 Å². The van der Waals surface area contributed by atoms with Gasteiger partial charge in [0.05, 0.1) is 6.61 Å². The topological polar surface area (TPSA) is 9.23 Å². The van der Waals surface area contributed by atoms with Crippen molar-refractivity contribution in [1.82, 2.24) is 0 Å². The second kappa shape index (κ2) is 5.53. The molecule has 0 amide bonds. The average molecular weight is 226 g/mol. The molecule has 0 saturated heterocycles. The van der Waals surface area contributed by atoms with Crippen molar-refractivity contribution in [1.29, 1.82) is 0 Å². The van der Waals surface area contributed by atoms with Crippen LogP contribution in [0.1, 0.15) is 18.9 Å². The third kappa shape index (κ3) is 2.68. The van der Waals surface area contributed by atoms with Gasteiger partial charge in [0.15, 0.2) is 0 Å². The van der Waals surface area contributed by atoms with Crippen LogP contribution in [0, 0.1) is 6.92 Å². The third-order valence-corrected chi connectivity index (χ3v) is 2.78. The fourth-order valence-corrected chi connectivity index (χ4v) is 1.90. The van der Waals surface area contributed by atoms with Crippen LogP contribution in [0.2, 0.25) is 0 Å². The number of rotatable bonds is 4. The first kappa shape index (κ1) is 11.7. The first-order valence-electron chi connectivity index (χ1n) is 6.10. The van der Waals surface area contributed by atoms with Crippen molar-refractivity contribution in [3.63, 3.8) is 0 Å². The Hall–Kier alpha value is -1.76. The number of hydrogen-bond acceptors (Lipinski definition) is 1. The molecular formula is C16H18O. The van der Waals surface area contributed by atoms with Crippen LogP contribution in [-0.2, 0) is 0 Å². The summed E-state index contributed by atoms with van der Waals surface area (Å²) in [6.07, 6.45) is 1.03. The van der Waals surface area contributed by atoms with Crippen molar-refractivity contribution in [2.24, 2.45) is 0 Å². The standard InChI is InChI=1S/C16H18O/c1-3-12-17-16-11-7-6-10-15(16)14-9-5-4-8-13(14)2/h4-11H,3,12H2,1-2H3. The van der Waals surface area contributed by atoms with E-state index >= 15 is 0 Å². The van der Waals surface area contributed by atoms with Gasteiger partial charge < -0.3 is 4.74 Å². The summed E-state index contributed by atoms with van der Waals surface area (Å²) < 4.78 is 5.80. The highest BCUT2D eigenvalue weighted by atomic mass is 16.5. The number of para-hydroxylation sites is 1. The van der Waals surface area contributed by atoms with Gasteiger partial charge in [-0.2, -0.15) is 0 Å². The minimum atomic E-state index is 0.767. The second-order valence-corrected chi connectivity index (χ2v) is 4.16. The lowest BCUT2D eigenvalue weighted by molar-refractivity contribution is 0.318. The maximum atomic E-state index is 5.80. The van der Waals surface area contributed by atoms with Gasteiger partial charge in [-0.05, 0) is 30.5 Å². The van der Waals surface area contributed by atoms with E-state index in [0.717, 1.165) is 18.8 Å². The van der Waals surface area contributed by atoms with Crippen LogP contribution in [0.15, 0.2) is 48.5 Å². The summed E-state index contributed by atoms with van der Waals surface area (Å²) in [5.41, 5.74) is 3.71. The molecule has 0 aliphatic heterocycles. The summed E-state index contributed by atoms with van der Waals surface area (Å²) in [5, 5.41) is 0. The van der Waals surface area contributed by atoms with Gasteiger partial charge in [-0.3, -0.25) is 0 Å². The Morgan fingerprint density at radius 2 is 1.53 bits per heavy atom. The molecule has 0 atom stereocenters. The summed E-state index contributed by atoms with van der Waals surface area (Å²) >= 11 is 0. The molecule has 0 aliphatic carbocycles. The molecule has 1 nitrogen and oxygen atoms in total. The quantitative estimate of drug-likeness (QED) is 0.748. The normalized spacial score (nSPS) is 10.2. The van der Waals surface area contributed by atoms with Crippen LogP contribution in [0.5, 0.6) is 5.75 Å². The Balaban J connectivity index is 2.41. The van der Waals surface area contributed by atoms with Crippen molar-refractivity contribution in [2.45, 2.75) is 20.3 Å². The van der Waals surface area contributed by atoms with E-state index in [4.69, 9.17) is 4.74 Å².